The van der Waals surface area contributed by atoms with Crippen molar-refractivity contribution >= 4 is 10.0 Å². The van der Waals surface area contributed by atoms with E-state index in [-0.39, 0.29) is 28.8 Å². The molecule has 1 saturated carbocycles. The molecule has 0 radical (unpaired) electrons. The first-order valence-electron chi connectivity index (χ1n) is 11.8. The molecular weight excluding hydrogens is 473 g/mol. The summed E-state index contributed by atoms with van der Waals surface area (Å²) in [5.41, 5.74) is 1.31. The Bertz CT molecular complexity index is 1230. The summed E-state index contributed by atoms with van der Waals surface area (Å²) in [6.45, 7) is 0.639. The van der Waals surface area contributed by atoms with E-state index in [1.165, 1.54) is 10.4 Å². The van der Waals surface area contributed by atoms with Gasteiger partial charge in [-0.1, -0.05) is 66.7 Å². The quantitative estimate of drug-likeness (QED) is 0.487. The molecule has 8 heteroatoms. The van der Waals surface area contributed by atoms with E-state index in [4.69, 9.17) is 0 Å². The highest BCUT2D eigenvalue weighted by molar-refractivity contribution is 7.89. The molecule has 3 atom stereocenters. The number of nitrogens with one attached hydrogen (secondary N) is 1. The van der Waals surface area contributed by atoms with Crippen molar-refractivity contribution in [2.45, 2.75) is 36.0 Å². The fourth-order valence-electron chi connectivity index (χ4n) is 5.50. The van der Waals surface area contributed by atoms with Gasteiger partial charge in [0, 0.05) is 19.1 Å². The standard InChI is InChI=1S/C27H27F3N2O2S/c28-27(29,30)22-12-7-13-23(16-22)35(33,34)32-17-21-14-15-25(24(21)18-32)31-26(19-8-3-1-4-9-19)20-10-5-2-6-11-20/h1-13,16,21,24-26,31H,14-15,17-18H2. The van der Waals surface area contributed by atoms with Gasteiger partial charge in [0.1, 0.15) is 0 Å². The van der Waals surface area contributed by atoms with Gasteiger partial charge in [0.15, 0.2) is 0 Å². The third kappa shape index (κ3) is 4.87. The molecular formula is C27H27F3N2O2S. The minimum atomic E-state index is -4.59. The number of rotatable bonds is 6. The molecule has 184 valence electrons. The van der Waals surface area contributed by atoms with E-state index in [0.29, 0.717) is 13.1 Å². The van der Waals surface area contributed by atoms with Gasteiger partial charge in [-0.05, 0) is 54.0 Å². The normalized spacial score (nSPS) is 23.0. The van der Waals surface area contributed by atoms with Crippen molar-refractivity contribution in [2.24, 2.45) is 11.8 Å². The number of alkyl halides is 3. The van der Waals surface area contributed by atoms with Crippen molar-refractivity contribution in [2.75, 3.05) is 13.1 Å². The van der Waals surface area contributed by atoms with Crippen LogP contribution in [0.1, 0.15) is 35.6 Å². The molecule has 1 aliphatic heterocycles. The Hall–Kier alpha value is -2.68. The second-order valence-electron chi connectivity index (χ2n) is 9.38. The van der Waals surface area contributed by atoms with E-state index in [1.807, 2.05) is 36.4 Å². The fourth-order valence-corrected chi connectivity index (χ4v) is 7.08. The summed E-state index contributed by atoms with van der Waals surface area (Å²) in [6.07, 6.45) is -2.78. The molecule has 1 N–H and O–H groups in total. The van der Waals surface area contributed by atoms with Crippen LogP contribution in [-0.2, 0) is 16.2 Å². The van der Waals surface area contributed by atoms with Crippen LogP contribution in [-0.4, -0.2) is 31.9 Å². The molecule has 35 heavy (non-hydrogen) atoms. The molecule has 5 rings (SSSR count). The van der Waals surface area contributed by atoms with E-state index in [9.17, 15) is 21.6 Å². The van der Waals surface area contributed by atoms with Gasteiger partial charge in [0.25, 0.3) is 0 Å². The Morgan fingerprint density at radius 2 is 1.46 bits per heavy atom. The molecule has 1 saturated heterocycles. The van der Waals surface area contributed by atoms with E-state index in [0.717, 1.165) is 42.2 Å². The van der Waals surface area contributed by atoms with Gasteiger partial charge >= 0.3 is 6.18 Å². The van der Waals surface area contributed by atoms with Crippen molar-refractivity contribution in [3.05, 3.63) is 102 Å². The first kappa shape index (κ1) is 24.0. The number of hydrogen-bond donors (Lipinski definition) is 1. The van der Waals surface area contributed by atoms with Crippen LogP contribution in [0.25, 0.3) is 0 Å². The summed E-state index contributed by atoms with van der Waals surface area (Å²) in [7, 11) is -4.01. The van der Waals surface area contributed by atoms with Gasteiger partial charge in [-0.25, -0.2) is 8.42 Å². The third-order valence-electron chi connectivity index (χ3n) is 7.27. The van der Waals surface area contributed by atoms with Crippen LogP contribution in [0.4, 0.5) is 13.2 Å². The molecule has 0 aromatic heterocycles. The van der Waals surface area contributed by atoms with Crippen LogP contribution in [0.5, 0.6) is 0 Å². The fraction of sp³-hybridized carbons (Fsp3) is 0.333. The predicted molar refractivity (Wildman–Crippen MR) is 128 cm³/mol. The number of nitrogens with zero attached hydrogens (tertiary/aromatic N) is 1. The molecule has 3 aromatic carbocycles. The maximum Gasteiger partial charge on any atom is 0.416 e. The van der Waals surface area contributed by atoms with Crippen LogP contribution in [0.2, 0.25) is 0 Å². The van der Waals surface area contributed by atoms with Gasteiger partial charge in [0.05, 0.1) is 16.5 Å². The molecule has 1 heterocycles. The first-order valence-corrected chi connectivity index (χ1v) is 13.2. The van der Waals surface area contributed by atoms with Gasteiger partial charge in [-0.2, -0.15) is 17.5 Å². The predicted octanol–water partition coefficient (Wildman–Crippen LogP) is 5.48. The highest BCUT2D eigenvalue weighted by Gasteiger charge is 2.47. The molecule has 3 aromatic rings. The molecule has 2 fully saturated rings. The summed E-state index contributed by atoms with van der Waals surface area (Å²) in [5, 5.41) is 3.79. The van der Waals surface area contributed by atoms with Gasteiger partial charge in [-0.3, -0.25) is 0 Å². The SMILES string of the molecule is O=S(=O)(c1cccc(C(F)(F)F)c1)N1CC2CCC(NC(c3ccccc3)c3ccccc3)C2C1. The highest BCUT2D eigenvalue weighted by Crippen LogP contribution is 2.42. The molecule has 0 bridgehead atoms. The Balaban J connectivity index is 1.36. The highest BCUT2D eigenvalue weighted by atomic mass is 32.2. The second kappa shape index (κ2) is 9.41. The zero-order valence-corrected chi connectivity index (χ0v) is 19.8. The van der Waals surface area contributed by atoms with Crippen molar-refractivity contribution in [3.63, 3.8) is 0 Å². The summed E-state index contributed by atoms with van der Waals surface area (Å²) >= 11 is 0. The second-order valence-corrected chi connectivity index (χ2v) is 11.3. The summed E-state index contributed by atoms with van der Waals surface area (Å²) < 4.78 is 67.3. The zero-order valence-electron chi connectivity index (χ0n) is 19.0. The van der Waals surface area contributed by atoms with E-state index < -0.39 is 21.8 Å². The first-order chi connectivity index (χ1) is 16.7. The lowest BCUT2D eigenvalue weighted by molar-refractivity contribution is -0.137. The lowest BCUT2D eigenvalue weighted by Crippen LogP contribution is -2.39. The number of sulfonamides is 1. The lowest BCUT2D eigenvalue weighted by Gasteiger charge is -2.28. The average molecular weight is 501 g/mol. The maximum absolute atomic E-state index is 13.3. The van der Waals surface area contributed by atoms with Crippen molar-refractivity contribution in [1.29, 1.82) is 0 Å². The van der Waals surface area contributed by atoms with Crippen molar-refractivity contribution in [3.8, 4) is 0 Å². The molecule has 0 spiro atoms. The van der Waals surface area contributed by atoms with Crippen LogP contribution in [0.15, 0.2) is 89.8 Å². The van der Waals surface area contributed by atoms with Gasteiger partial charge < -0.3 is 5.32 Å². The largest absolute Gasteiger partial charge is 0.416 e. The zero-order chi connectivity index (χ0) is 24.6. The maximum atomic E-state index is 13.3. The van der Waals surface area contributed by atoms with Crippen LogP contribution in [0.3, 0.4) is 0 Å². The minimum absolute atomic E-state index is 0.0322. The van der Waals surface area contributed by atoms with Crippen LogP contribution >= 0.6 is 0 Å². The van der Waals surface area contributed by atoms with Gasteiger partial charge in [-0.15, -0.1) is 0 Å². The lowest BCUT2D eigenvalue weighted by atomic mass is 9.94. The number of fused-ring (bicyclic) bond motifs is 1. The molecule has 1 aliphatic carbocycles. The molecule has 2 aliphatic rings. The summed E-state index contributed by atoms with van der Waals surface area (Å²) in [4.78, 5) is -0.303. The Labute approximate surface area is 203 Å². The molecule has 3 unspecified atom stereocenters. The Morgan fingerprint density at radius 3 is 2.06 bits per heavy atom. The molecule has 0 amide bonds. The van der Waals surface area contributed by atoms with Crippen LogP contribution < -0.4 is 5.32 Å². The van der Waals surface area contributed by atoms with E-state index in [1.54, 1.807) is 0 Å². The van der Waals surface area contributed by atoms with Crippen molar-refractivity contribution < 1.29 is 21.6 Å². The van der Waals surface area contributed by atoms with Gasteiger partial charge in [0.2, 0.25) is 10.0 Å². The molecule has 4 nitrogen and oxygen atoms in total. The van der Waals surface area contributed by atoms with Crippen molar-refractivity contribution in [1.82, 2.24) is 9.62 Å². The number of hydrogen-bond acceptors (Lipinski definition) is 3. The Kier molecular flexibility index (Phi) is 6.46. The summed E-state index contributed by atoms with van der Waals surface area (Å²) in [5.74, 6) is 0.283. The van der Waals surface area contributed by atoms with E-state index in [2.05, 4.69) is 29.6 Å². The topological polar surface area (TPSA) is 49.4 Å². The third-order valence-corrected chi connectivity index (χ3v) is 9.10. The summed E-state index contributed by atoms with van der Waals surface area (Å²) in [6, 6.07) is 24.4. The van der Waals surface area contributed by atoms with Crippen LogP contribution in [0, 0.1) is 11.8 Å². The minimum Gasteiger partial charge on any atom is -0.303 e. The number of benzene rings is 3. The van der Waals surface area contributed by atoms with E-state index >= 15 is 0 Å². The average Bonchev–Trinajstić information content (AvgIpc) is 3.45. The number of halogens is 3. The smallest absolute Gasteiger partial charge is 0.303 e. The Morgan fingerprint density at radius 1 is 0.829 bits per heavy atom. The monoisotopic (exact) mass is 500 g/mol.